The predicted molar refractivity (Wildman–Crippen MR) is 46.8 cm³/mol. The minimum absolute atomic E-state index is 0.0113. The van der Waals surface area contributed by atoms with Crippen LogP contribution >= 0.6 is 0 Å². The highest BCUT2D eigenvalue weighted by Gasteiger charge is 2.08. The molecule has 1 N–H and O–H groups in total. The van der Waals surface area contributed by atoms with Crippen molar-refractivity contribution >= 4 is 12.3 Å². The monoisotopic (exact) mass is 212 g/mol. The zero-order valence-electron chi connectivity index (χ0n) is 7.58. The average Bonchev–Trinajstić information content (AvgIpc) is 2.25. The van der Waals surface area contributed by atoms with E-state index < -0.39 is 12.3 Å². The molecule has 6 nitrogen and oxygen atoms in total. The van der Waals surface area contributed by atoms with Crippen LogP contribution in [0, 0.1) is 0 Å². The van der Waals surface area contributed by atoms with E-state index in [1.165, 1.54) is 0 Å². The molecule has 80 valence electrons. The minimum Gasteiger partial charge on any atom is -0.447 e. The molecule has 0 saturated carbocycles. The molecule has 0 amide bonds. The molecule has 0 aromatic heterocycles. The van der Waals surface area contributed by atoms with Crippen LogP contribution < -0.4 is 0 Å². The first-order chi connectivity index (χ1) is 7.18. The predicted octanol–water partition coefficient (Wildman–Crippen LogP) is 1.95. The van der Waals surface area contributed by atoms with Crippen molar-refractivity contribution < 1.29 is 29.2 Å². The largest absolute Gasteiger partial charge is 0.550 e. The summed E-state index contributed by atoms with van der Waals surface area (Å²) in [5.41, 5.74) is 0.754. The zero-order chi connectivity index (χ0) is 11.1. The standard InChI is InChI=1S/C9H8O6/c10-8(11)14-15-9(12)13-6-7-4-2-1-3-5-7/h1-5H,6H2,(H,10,11). The molecule has 6 heteroatoms. The first-order valence-corrected chi connectivity index (χ1v) is 3.96. The smallest absolute Gasteiger partial charge is 0.447 e. The van der Waals surface area contributed by atoms with E-state index in [9.17, 15) is 9.59 Å². The van der Waals surface area contributed by atoms with Crippen LogP contribution in [0.4, 0.5) is 9.59 Å². The Morgan fingerprint density at radius 3 is 2.40 bits per heavy atom. The van der Waals surface area contributed by atoms with Gasteiger partial charge in [-0.05, 0) is 5.56 Å². The first-order valence-electron chi connectivity index (χ1n) is 3.96. The lowest BCUT2D eigenvalue weighted by Crippen LogP contribution is -2.10. The summed E-state index contributed by atoms with van der Waals surface area (Å²) in [6.45, 7) is -0.0113. The Labute approximate surface area is 84.9 Å². The number of carboxylic acid groups (broad SMARTS) is 1. The Hall–Kier alpha value is -2.24. The number of hydrogen-bond donors (Lipinski definition) is 1. The van der Waals surface area contributed by atoms with Gasteiger partial charge in [0.2, 0.25) is 0 Å². The lowest BCUT2D eigenvalue weighted by atomic mass is 10.2. The third-order valence-corrected chi connectivity index (χ3v) is 1.38. The number of hydrogen-bond acceptors (Lipinski definition) is 5. The molecule has 0 spiro atoms. The Morgan fingerprint density at radius 2 is 1.80 bits per heavy atom. The average molecular weight is 212 g/mol. The van der Waals surface area contributed by atoms with E-state index in [0.29, 0.717) is 0 Å². The number of rotatable bonds is 2. The van der Waals surface area contributed by atoms with E-state index in [2.05, 4.69) is 14.5 Å². The molecule has 0 aliphatic rings. The van der Waals surface area contributed by atoms with Crippen LogP contribution in [0.15, 0.2) is 30.3 Å². The van der Waals surface area contributed by atoms with Gasteiger partial charge in [0.25, 0.3) is 0 Å². The van der Waals surface area contributed by atoms with Gasteiger partial charge in [0, 0.05) is 0 Å². The van der Waals surface area contributed by atoms with Gasteiger partial charge in [0.05, 0.1) is 0 Å². The van der Waals surface area contributed by atoms with Crippen molar-refractivity contribution in [2.75, 3.05) is 0 Å². The second-order valence-corrected chi connectivity index (χ2v) is 2.46. The molecule has 15 heavy (non-hydrogen) atoms. The van der Waals surface area contributed by atoms with Gasteiger partial charge in [-0.3, -0.25) is 0 Å². The fourth-order valence-corrected chi connectivity index (χ4v) is 0.810. The molecule has 1 rings (SSSR count). The SMILES string of the molecule is O=C(O)OOC(=O)OCc1ccccc1. The van der Waals surface area contributed by atoms with Crippen molar-refractivity contribution in [1.82, 2.24) is 0 Å². The van der Waals surface area contributed by atoms with Gasteiger partial charge in [-0.2, -0.15) is 9.68 Å². The molecule has 0 radical (unpaired) electrons. The minimum atomic E-state index is -1.72. The summed E-state index contributed by atoms with van der Waals surface area (Å²) in [5, 5.41) is 7.99. The topological polar surface area (TPSA) is 82.1 Å². The quantitative estimate of drug-likeness (QED) is 0.458. The fraction of sp³-hybridized carbons (Fsp3) is 0.111. The van der Waals surface area contributed by atoms with Crippen molar-refractivity contribution in [3.8, 4) is 0 Å². The highest BCUT2D eigenvalue weighted by molar-refractivity contribution is 5.62. The van der Waals surface area contributed by atoms with Crippen LogP contribution in [-0.2, 0) is 21.1 Å². The number of benzene rings is 1. The maximum Gasteiger partial charge on any atom is 0.550 e. The Bertz CT molecular complexity index is 334. The first kappa shape index (κ1) is 10.8. The molecular weight excluding hydrogens is 204 g/mol. The normalized spacial score (nSPS) is 9.07. The number of carbonyl (C=O) groups is 2. The molecule has 0 aliphatic carbocycles. The summed E-state index contributed by atoms with van der Waals surface area (Å²) in [6, 6.07) is 8.85. The highest BCUT2D eigenvalue weighted by Crippen LogP contribution is 2.01. The highest BCUT2D eigenvalue weighted by atomic mass is 17.3. The van der Waals surface area contributed by atoms with Crippen molar-refractivity contribution in [3.63, 3.8) is 0 Å². The third-order valence-electron chi connectivity index (χ3n) is 1.38. The van der Waals surface area contributed by atoms with E-state index in [4.69, 9.17) is 5.11 Å². The van der Waals surface area contributed by atoms with Gasteiger partial charge in [0.15, 0.2) is 0 Å². The summed E-state index contributed by atoms with van der Waals surface area (Å²) in [4.78, 5) is 27.8. The molecule has 0 aliphatic heterocycles. The lowest BCUT2D eigenvalue weighted by Gasteiger charge is -2.02. The molecule has 0 heterocycles. The van der Waals surface area contributed by atoms with Crippen molar-refractivity contribution in [2.24, 2.45) is 0 Å². The number of carbonyl (C=O) groups excluding carboxylic acids is 1. The Kier molecular flexibility index (Phi) is 3.96. The van der Waals surface area contributed by atoms with E-state index in [1.54, 1.807) is 24.3 Å². The van der Waals surface area contributed by atoms with Gasteiger partial charge >= 0.3 is 12.3 Å². The van der Waals surface area contributed by atoms with Gasteiger partial charge in [-0.15, -0.1) is 0 Å². The Morgan fingerprint density at radius 1 is 1.13 bits per heavy atom. The zero-order valence-corrected chi connectivity index (χ0v) is 7.58. The number of ether oxygens (including phenoxy) is 1. The van der Waals surface area contributed by atoms with Crippen molar-refractivity contribution in [3.05, 3.63) is 35.9 Å². The molecule has 0 unspecified atom stereocenters. The van der Waals surface area contributed by atoms with E-state index in [0.717, 1.165) is 5.56 Å². The molecule has 1 aromatic rings. The maximum absolute atomic E-state index is 10.7. The molecule has 0 atom stereocenters. The molecule has 1 aromatic carbocycles. The van der Waals surface area contributed by atoms with Gasteiger partial charge in [0.1, 0.15) is 6.61 Å². The van der Waals surface area contributed by atoms with Crippen molar-refractivity contribution in [2.45, 2.75) is 6.61 Å². The van der Waals surface area contributed by atoms with Crippen LogP contribution in [0.3, 0.4) is 0 Å². The van der Waals surface area contributed by atoms with Crippen LogP contribution in [0.2, 0.25) is 0 Å². The van der Waals surface area contributed by atoms with Crippen molar-refractivity contribution in [1.29, 1.82) is 0 Å². The second kappa shape index (κ2) is 5.48. The molecule has 0 fully saturated rings. The van der Waals surface area contributed by atoms with Crippen LogP contribution in [-0.4, -0.2) is 17.4 Å². The summed E-state index contributed by atoms with van der Waals surface area (Å²) in [7, 11) is 0. The van der Waals surface area contributed by atoms with E-state index in [1.807, 2.05) is 6.07 Å². The molecule has 0 bridgehead atoms. The van der Waals surface area contributed by atoms with Gasteiger partial charge in [-0.1, -0.05) is 30.3 Å². The third kappa shape index (κ3) is 4.51. The van der Waals surface area contributed by atoms with Gasteiger partial charge in [-0.25, -0.2) is 9.68 Å². The van der Waals surface area contributed by atoms with E-state index >= 15 is 0 Å². The summed E-state index contributed by atoms with van der Waals surface area (Å²) in [5.74, 6) is 0. The summed E-state index contributed by atoms with van der Waals surface area (Å²) >= 11 is 0. The van der Waals surface area contributed by atoms with Gasteiger partial charge < -0.3 is 9.84 Å². The summed E-state index contributed by atoms with van der Waals surface area (Å²) in [6.07, 6.45) is -2.92. The van der Waals surface area contributed by atoms with Crippen LogP contribution in [0.1, 0.15) is 5.56 Å². The van der Waals surface area contributed by atoms with Crippen LogP contribution in [0.25, 0.3) is 0 Å². The maximum atomic E-state index is 10.7. The van der Waals surface area contributed by atoms with Crippen LogP contribution in [0.5, 0.6) is 0 Å². The fourth-order valence-electron chi connectivity index (χ4n) is 0.810. The Balaban J connectivity index is 2.26. The molecule has 0 saturated heterocycles. The molecular formula is C9H8O6. The van der Waals surface area contributed by atoms with E-state index in [-0.39, 0.29) is 6.61 Å². The summed E-state index contributed by atoms with van der Waals surface area (Å²) < 4.78 is 4.53. The second-order valence-electron chi connectivity index (χ2n) is 2.46. The lowest BCUT2D eigenvalue weighted by molar-refractivity contribution is -0.214.